The first-order valence-electron chi connectivity index (χ1n) is 6.20. The quantitative estimate of drug-likeness (QED) is 0.844. The number of nitrogens with one attached hydrogen (secondary N) is 1. The molecule has 0 fully saturated rings. The zero-order valence-electron chi connectivity index (χ0n) is 11.1. The molecule has 1 unspecified atom stereocenters. The van der Waals surface area contributed by atoms with Crippen LogP contribution in [0.25, 0.3) is 0 Å². The molecule has 0 radical (unpaired) electrons. The fraction of sp³-hybridized carbons (Fsp3) is 0.500. The molecule has 4 heteroatoms. The van der Waals surface area contributed by atoms with Crippen LogP contribution in [-0.2, 0) is 4.79 Å². The van der Waals surface area contributed by atoms with E-state index in [1.807, 2.05) is 0 Å². The summed E-state index contributed by atoms with van der Waals surface area (Å²) >= 11 is 5.99. The molecule has 100 valence electrons. The molecule has 0 spiro atoms. The minimum absolute atomic E-state index is 0.0252. The number of anilines is 1. The number of ether oxygens (including phenoxy) is 1. The predicted molar refractivity (Wildman–Crippen MR) is 75.3 cm³/mol. The molecule has 0 bridgehead atoms. The second-order valence-corrected chi connectivity index (χ2v) is 4.90. The number of halogens is 1. The van der Waals surface area contributed by atoms with Crippen molar-refractivity contribution in [2.45, 2.75) is 33.1 Å². The van der Waals surface area contributed by atoms with E-state index in [9.17, 15) is 4.79 Å². The third-order valence-electron chi connectivity index (χ3n) is 2.75. The Kier molecular flexibility index (Phi) is 5.99. The standard InChI is InChI=1S/C14H20ClNO2/c1-4-5-10(2)8-14(17)16-11-6-7-13(18-3)12(15)9-11/h6-7,9-10H,4-5,8H2,1-3H3,(H,16,17). The number of amides is 1. The van der Waals surface area contributed by atoms with Gasteiger partial charge in [0, 0.05) is 12.1 Å². The van der Waals surface area contributed by atoms with Gasteiger partial charge in [0.05, 0.1) is 12.1 Å². The Bertz CT molecular complexity index is 407. The van der Waals surface area contributed by atoms with Crippen molar-refractivity contribution < 1.29 is 9.53 Å². The summed E-state index contributed by atoms with van der Waals surface area (Å²) in [5.41, 5.74) is 0.703. The van der Waals surface area contributed by atoms with E-state index in [-0.39, 0.29) is 5.91 Å². The van der Waals surface area contributed by atoms with E-state index in [0.29, 0.717) is 28.8 Å². The third-order valence-corrected chi connectivity index (χ3v) is 3.05. The first kappa shape index (κ1) is 14.8. The van der Waals surface area contributed by atoms with Gasteiger partial charge in [0.1, 0.15) is 5.75 Å². The van der Waals surface area contributed by atoms with Gasteiger partial charge < -0.3 is 10.1 Å². The fourth-order valence-electron chi connectivity index (χ4n) is 1.87. The van der Waals surface area contributed by atoms with Gasteiger partial charge in [-0.2, -0.15) is 0 Å². The van der Waals surface area contributed by atoms with Crippen LogP contribution >= 0.6 is 11.6 Å². The summed E-state index contributed by atoms with van der Waals surface area (Å²) in [4.78, 5) is 11.8. The number of carbonyl (C=O) groups excluding carboxylic acids is 1. The number of benzene rings is 1. The summed E-state index contributed by atoms with van der Waals surface area (Å²) in [6.07, 6.45) is 2.71. The van der Waals surface area contributed by atoms with Crippen LogP contribution in [0.15, 0.2) is 18.2 Å². The molecule has 0 aromatic heterocycles. The Balaban J connectivity index is 2.57. The Labute approximate surface area is 113 Å². The van der Waals surface area contributed by atoms with E-state index >= 15 is 0 Å². The highest BCUT2D eigenvalue weighted by Gasteiger charge is 2.09. The van der Waals surface area contributed by atoms with Crippen LogP contribution in [-0.4, -0.2) is 13.0 Å². The second-order valence-electron chi connectivity index (χ2n) is 4.50. The van der Waals surface area contributed by atoms with Crippen LogP contribution in [0, 0.1) is 5.92 Å². The van der Waals surface area contributed by atoms with E-state index in [4.69, 9.17) is 16.3 Å². The lowest BCUT2D eigenvalue weighted by atomic mass is 10.0. The van der Waals surface area contributed by atoms with Crippen molar-refractivity contribution in [1.29, 1.82) is 0 Å². The van der Waals surface area contributed by atoms with Crippen molar-refractivity contribution in [3.8, 4) is 5.75 Å². The number of hydrogen-bond donors (Lipinski definition) is 1. The Hall–Kier alpha value is -1.22. The molecule has 1 aromatic carbocycles. The highest BCUT2D eigenvalue weighted by molar-refractivity contribution is 6.32. The molecular weight excluding hydrogens is 250 g/mol. The third kappa shape index (κ3) is 4.57. The first-order chi connectivity index (χ1) is 8.56. The number of methoxy groups -OCH3 is 1. The maximum Gasteiger partial charge on any atom is 0.224 e. The van der Waals surface area contributed by atoms with Crippen molar-refractivity contribution in [1.82, 2.24) is 0 Å². The normalized spacial score (nSPS) is 12.0. The summed E-state index contributed by atoms with van der Waals surface area (Å²) in [7, 11) is 1.56. The monoisotopic (exact) mass is 269 g/mol. The number of carbonyl (C=O) groups is 1. The lowest BCUT2D eigenvalue weighted by molar-refractivity contribution is -0.117. The van der Waals surface area contributed by atoms with Crippen molar-refractivity contribution >= 4 is 23.2 Å². The Morgan fingerprint density at radius 3 is 2.78 bits per heavy atom. The molecule has 1 amide bonds. The van der Waals surface area contributed by atoms with E-state index < -0.39 is 0 Å². The lowest BCUT2D eigenvalue weighted by Crippen LogP contribution is -2.15. The Morgan fingerprint density at radius 1 is 1.50 bits per heavy atom. The molecule has 1 aromatic rings. The topological polar surface area (TPSA) is 38.3 Å². The zero-order valence-corrected chi connectivity index (χ0v) is 11.9. The molecule has 3 nitrogen and oxygen atoms in total. The van der Waals surface area contributed by atoms with Crippen molar-refractivity contribution in [2.24, 2.45) is 5.92 Å². The first-order valence-corrected chi connectivity index (χ1v) is 6.58. The van der Waals surface area contributed by atoms with Gasteiger partial charge in [0.25, 0.3) is 0 Å². The van der Waals surface area contributed by atoms with Crippen LogP contribution in [0.2, 0.25) is 5.02 Å². The van der Waals surface area contributed by atoms with Crippen molar-refractivity contribution in [3.05, 3.63) is 23.2 Å². The second kappa shape index (κ2) is 7.27. The molecular formula is C14H20ClNO2. The summed E-state index contributed by atoms with van der Waals surface area (Å²) in [5.74, 6) is 1.04. The minimum atomic E-state index is 0.0252. The van der Waals surface area contributed by atoms with Crippen LogP contribution in [0.1, 0.15) is 33.1 Å². The molecule has 1 N–H and O–H groups in total. The molecule has 0 aliphatic rings. The van der Waals surface area contributed by atoms with Gasteiger partial charge in [0.2, 0.25) is 5.91 Å². The summed E-state index contributed by atoms with van der Waals surface area (Å²) in [5, 5.41) is 3.34. The largest absolute Gasteiger partial charge is 0.495 e. The lowest BCUT2D eigenvalue weighted by Gasteiger charge is -2.11. The van der Waals surface area contributed by atoms with Crippen LogP contribution in [0.5, 0.6) is 5.75 Å². The molecule has 18 heavy (non-hydrogen) atoms. The summed E-state index contributed by atoms with van der Waals surface area (Å²) in [6, 6.07) is 5.23. The molecule has 0 aliphatic heterocycles. The van der Waals surface area contributed by atoms with E-state index in [0.717, 1.165) is 12.8 Å². The number of hydrogen-bond acceptors (Lipinski definition) is 2. The highest BCUT2D eigenvalue weighted by atomic mass is 35.5. The average molecular weight is 270 g/mol. The molecule has 1 rings (SSSR count). The molecule has 0 saturated carbocycles. The van der Waals surface area contributed by atoms with Gasteiger partial charge in [-0.15, -0.1) is 0 Å². The maximum atomic E-state index is 11.8. The molecule has 0 saturated heterocycles. The van der Waals surface area contributed by atoms with Crippen molar-refractivity contribution in [2.75, 3.05) is 12.4 Å². The Morgan fingerprint density at radius 2 is 2.22 bits per heavy atom. The molecule has 0 heterocycles. The SMILES string of the molecule is CCCC(C)CC(=O)Nc1ccc(OC)c(Cl)c1. The van der Waals surface area contributed by atoms with Crippen LogP contribution in [0.3, 0.4) is 0 Å². The predicted octanol–water partition coefficient (Wildman–Crippen LogP) is 4.11. The summed E-state index contributed by atoms with van der Waals surface area (Å²) in [6.45, 7) is 4.21. The average Bonchev–Trinajstić information content (AvgIpc) is 2.29. The van der Waals surface area contributed by atoms with E-state index in [1.54, 1.807) is 25.3 Å². The maximum absolute atomic E-state index is 11.8. The minimum Gasteiger partial charge on any atom is -0.495 e. The number of rotatable bonds is 6. The van der Waals surface area contributed by atoms with Gasteiger partial charge in [-0.1, -0.05) is 38.3 Å². The molecule has 1 atom stereocenters. The van der Waals surface area contributed by atoms with E-state index in [1.165, 1.54) is 0 Å². The van der Waals surface area contributed by atoms with Gasteiger partial charge in [-0.3, -0.25) is 4.79 Å². The van der Waals surface area contributed by atoms with Crippen molar-refractivity contribution in [3.63, 3.8) is 0 Å². The van der Waals surface area contributed by atoms with Crippen LogP contribution < -0.4 is 10.1 Å². The van der Waals surface area contributed by atoms with Gasteiger partial charge in [0.15, 0.2) is 0 Å². The van der Waals surface area contributed by atoms with Gasteiger partial charge >= 0.3 is 0 Å². The smallest absolute Gasteiger partial charge is 0.224 e. The highest BCUT2D eigenvalue weighted by Crippen LogP contribution is 2.27. The van der Waals surface area contributed by atoms with Crippen LogP contribution in [0.4, 0.5) is 5.69 Å². The van der Waals surface area contributed by atoms with Gasteiger partial charge in [-0.25, -0.2) is 0 Å². The summed E-state index contributed by atoms with van der Waals surface area (Å²) < 4.78 is 5.06. The van der Waals surface area contributed by atoms with Gasteiger partial charge in [-0.05, 0) is 24.1 Å². The zero-order chi connectivity index (χ0) is 13.5. The molecule has 0 aliphatic carbocycles. The fourth-order valence-corrected chi connectivity index (χ4v) is 2.13. The van der Waals surface area contributed by atoms with E-state index in [2.05, 4.69) is 19.2 Å².